The summed E-state index contributed by atoms with van der Waals surface area (Å²) < 4.78 is 0. The average molecular weight is 820 g/mol. The number of fused-ring (bicyclic) bond motifs is 8. The van der Waals surface area contributed by atoms with Gasteiger partial charge in [0.1, 0.15) is 0 Å². The minimum atomic E-state index is 0.796. The van der Waals surface area contributed by atoms with Crippen LogP contribution in [-0.4, -0.2) is 19.9 Å². The minimum Gasteiger partial charge on any atom is -0.354 e. The van der Waals surface area contributed by atoms with E-state index in [1.165, 1.54) is 61.2 Å². The molecule has 0 aliphatic carbocycles. The Labute approximate surface area is 349 Å². The van der Waals surface area contributed by atoms with Crippen LogP contribution in [0.1, 0.15) is 72.8 Å². The molecule has 4 nitrogen and oxygen atoms in total. The van der Waals surface area contributed by atoms with Crippen LogP contribution >= 0.6 is 15.9 Å². The van der Waals surface area contributed by atoms with Crippen molar-refractivity contribution in [3.8, 4) is 44.5 Å². The number of aromatic nitrogens is 4. The normalized spacial score (nSPS) is 12.2. The molecule has 8 bridgehead atoms. The van der Waals surface area contributed by atoms with Crippen molar-refractivity contribution in [2.24, 2.45) is 0 Å². The molecule has 9 rings (SSSR count). The van der Waals surface area contributed by atoms with Crippen LogP contribution in [0.5, 0.6) is 0 Å². The maximum atomic E-state index is 5.60. The van der Waals surface area contributed by atoms with E-state index in [0.717, 1.165) is 83.6 Å². The Morgan fingerprint density at radius 3 is 1.24 bits per heavy atom. The first-order chi connectivity index (χ1) is 28.0. The molecular weight excluding hydrogens is 773 g/mol. The number of nitrogens with one attached hydrogen (secondary N) is 2. The van der Waals surface area contributed by atoms with Gasteiger partial charge in [-0.2, -0.15) is 0 Å². The fourth-order valence-electron chi connectivity index (χ4n) is 9.32. The molecule has 0 radical (unpaired) electrons. The predicted octanol–water partition coefficient (Wildman–Crippen LogP) is 14.7. The van der Waals surface area contributed by atoms with Crippen LogP contribution in [0.4, 0.5) is 0 Å². The van der Waals surface area contributed by atoms with Crippen molar-refractivity contribution in [1.82, 2.24) is 19.9 Å². The second-order valence-electron chi connectivity index (χ2n) is 16.2. The maximum Gasteiger partial charge on any atom is 0.0737 e. The molecule has 2 N–H and O–H groups in total. The molecule has 2 aliphatic heterocycles. The van der Waals surface area contributed by atoms with E-state index in [-0.39, 0.29) is 0 Å². The second kappa shape index (κ2) is 14.7. The van der Waals surface area contributed by atoms with Crippen molar-refractivity contribution < 1.29 is 0 Å². The summed E-state index contributed by atoms with van der Waals surface area (Å²) in [6.45, 7) is 17.6. The number of aryl methyl sites for hydroxylation is 8. The maximum absolute atomic E-state index is 5.60. The van der Waals surface area contributed by atoms with Crippen LogP contribution in [-0.2, 0) is 5.33 Å². The Kier molecular flexibility index (Phi) is 9.52. The third-order valence-electron chi connectivity index (χ3n) is 11.7. The third-order valence-corrected chi connectivity index (χ3v) is 12.3. The first kappa shape index (κ1) is 37.5. The van der Waals surface area contributed by atoms with Crippen molar-refractivity contribution in [1.29, 1.82) is 0 Å². The lowest BCUT2D eigenvalue weighted by molar-refractivity contribution is 1.27. The van der Waals surface area contributed by atoms with E-state index in [1.807, 2.05) is 0 Å². The first-order valence-electron chi connectivity index (χ1n) is 20.0. The van der Waals surface area contributed by atoms with Gasteiger partial charge in [0.25, 0.3) is 0 Å². The molecule has 4 aromatic carbocycles. The Morgan fingerprint density at radius 2 is 0.793 bits per heavy atom. The number of benzene rings is 4. The molecule has 7 aromatic rings. The lowest BCUT2D eigenvalue weighted by Gasteiger charge is -2.14. The first-order valence-corrected chi connectivity index (χ1v) is 21.1. The summed E-state index contributed by atoms with van der Waals surface area (Å²) in [5, 5.41) is 0.796. The quantitative estimate of drug-likeness (QED) is 0.170. The van der Waals surface area contributed by atoms with Crippen LogP contribution in [0.15, 0.2) is 91.0 Å². The summed E-state index contributed by atoms with van der Waals surface area (Å²) in [7, 11) is 0. The minimum absolute atomic E-state index is 0.796. The lowest BCUT2D eigenvalue weighted by atomic mass is 9.92. The van der Waals surface area contributed by atoms with Crippen molar-refractivity contribution in [3.63, 3.8) is 0 Å². The topological polar surface area (TPSA) is 57.4 Å². The van der Waals surface area contributed by atoms with Crippen molar-refractivity contribution >= 4 is 62.3 Å². The van der Waals surface area contributed by atoms with Crippen LogP contribution < -0.4 is 0 Å². The summed E-state index contributed by atoms with van der Waals surface area (Å²) in [5.74, 6) is 0. The smallest absolute Gasteiger partial charge is 0.0737 e. The average Bonchev–Trinajstić information content (AvgIpc) is 4.02. The zero-order valence-electron chi connectivity index (χ0n) is 34.4. The van der Waals surface area contributed by atoms with Gasteiger partial charge in [-0.25, -0.2) is 9.97 Å². The molecule has 58 heavy (non-hydrogen) atoms. The van der Waals surface area contributed by atoms with Crippen LogP contribution in [0, 0.1) is 55.4 Å². The van der Waals surface area contributed by atoms with Gasteiger partial charge in [0.15, 0.2) is 0 Å². The largest absolute Gasteiger partial charge is 0.354 e. The van der Waals surface area contributed by atoms with E-state index in [4.69, 9.17) is 9.97 Å². The molecule has 0 saturated heterocycles. The van der Waals surface area contributed by atoms with Gasteiger partial charge in [0.05, 0.1) is 22.8 Å². The van der Waals surface area contributed by atoms with E-state index >= 15 is 0 Å². The fraction of sp³-hybridized carbons (Fsp3) is 0.170. The zero-order chi connectivity index (χ0) is 40.4. The number of hydrogen-bond donors (Lipinski definition) is 2. The van der Waals surface area contributed by atoms with Crippen molar-refractivity contribution in [2.75, 3.05) is 0 Å². The molecule has 0 fully saturated rings. The highest BCUT2D eigenvalue weighted by molar-refractivity contribution is 9.08. The third kappa shape index (κ3) is 6.57. The van der Waals surface area contributed by atoms with Gasteiger partial charge in [0, 0.05) is 49.7 Å². The van der Waals surface area contributed by atoms with Crippen LogP contribution in [0.2, 0.25) is 0 Å². The van der Waals surface area contributed by atoms with E-state index in [0.29, 0.717) is 0 Å². The van der Waals surface area contributed by atoms with E-state index < -0.39 is 0 Å². The van der Waals surface area contributed by atoms with Gasteiger partial charge in [-0.05, 0) is 160 Å². The highest BCUT2D eigenvalue weighted by Crippen LogP contribution is 2.41. The highest BCUT2D eigenvalue weighted by Gasteiger charge is 2.22. The standard InChI is InChI=1S/C53H47BrN4/c1-29-9-14-39(32(4)23-29)51-42-17-15-40(55-42)50(38-12-10-37(28-54)11-13-38)41-16-19-44(56-41)52(48-33(5)24-30(2)25-34(48)6)46-21-22-47(58-46)53(45-20-18-43(51)57-45)49-35(7)26-31(3)27-36(49)8/h9-27,56-57H,28H2,1-8H3. The van der Waals surface area contributed by atoms with Gasteiger partial charge in [-0.3, -0.25) is 0 Å². The Balaban J connectivity index is 1.51. The molecule has 0 saturated carbocycles. The van der Waals surface area contributed by atoms with E-state index in [1.54, 1.807) is 0 Å². The van der Waals surface area contributed by atoms with E-state index in [2.05, 4.69) is 197 Å². The summed E-state index contributed by atoms with van der Waals surface area (Å²) in [5.41, 5.74) is 27.7. The summed E-state index contributed by atoms with van der Waals surface area (Å²) >= 11 is 3.65. The van der Waals surface area contributed by atoms with Crippen molar-refractivity contribution in [2.45, 2.75) is 60.7 Å². The van der Waals surface area contributed by atoms with Gasteiger partial charge in [0.2, 0.25) is 0 Å². The molecule has 2 aliphatic rings. The Bertz CT molecular complexity index is 3020. The summed E-state index contributed by atoms with van der Waals surface area (Å²) in [6, 6.07) is 33.5. The Morgan fingerprint density at radius 1 is 0.397 bits per heavy atom. The molecule has 0 amide bonds. The van der Waals surface area contributed by atoms with Gasteiger partial charge in [-0.15, -0.1) is 0 Å². The predicted molar refractivity (Wildman–Crippen MR) is 251 cm³/mol. The Hall–Kier alpha value is -6.04. The number of nitrogens with zero attached hydrogens (tertiary/aromatic N) is 2. The van der Waals surface area contributed by atoms with Gasteiger partial charge >= 0.3 is 0 Å². The molecule has 0 atom stereocenters. The number of hydrogen-bond acceptors (Lipinski definition) is 2. The number of H-pyrrole nitrogens is 2. The van der Waals surface area contributed by atoms with Crippen LogP contribution in [0.3, 0.4) is 0 Å². The molecular formula is C53H47BrN4. The van der Waals surface area contributed by atoms with E-state index in [9.17, 15) is 0 Å². The number of halogens is 1. The fourth-order valence-corrected chi connectivity index (χ4v) is 9.70. The molecule has 286 valence electrons. The number of rotatable bonds is 5. The molecule has 0 spiro atoms. The van der Waals surface area contributed by atoms with Crippen LogP contribution in [0.25, 0.3) is 90.9 Å². The second-order valence-corrected chi connectivity index (χ2v) is 16.8. The summed E-state index contributed by atoms with van der Waals surface area (Å²) in [6.07, 6.45) is 8.76. The number of alkyl halides is 1. The lowest BCUT2D eigenvalue weighted by Crippen LogP contribution is -1.95. The molecule has 3 aromatic heterocycles. The molecule has 0 unspecified atom stereocenters. The van der Waals surface area contributed by atoms with Crippen molar-refractivity contribution in [3.05, 3.63) is 164 Å². The SMILES string of the molecule is Cc1ccc(-c2c3nc(c(-c4ccc(CBr)cc4)c4ccc([nH]4)c(-c4c(C)cc(C)cc4C)c4nc(c(-c5c(C)cc(C)cc5C)c5ccc2[nH]5)C=C4)C=C3)c(C)c1. The van der Waals surface area contributed by atoms with Gasteiger partial charge in [-0.1, -0.05) is 99.4 Å². The monoisotopic (exact) mass is 818 g/mol. The summed E-state index contributed by atoms with van der Waals surface area (Å²) in [4.78, 5) is 19.0. The highest BCUT2D eigenvalue weighted by atomic mass is 79.9. The number of aromatic amines is 2. The van der Waals surface area contributed by atoms with Gasteiger partial charge < -0.3 is 9.97 Å². The zero-order valence-corrected chi connectivity index (χ0v) is 36.0. The molecule has 5 heteroatoms. The molecule has 5 heterocycles.